The third-order valence-corrected chi connectivity index (χ3v) is 5.44. The standard InChI is InChI=1S/C25H31N7O/c1-2-33-22-13-7-6-12-21(22)27-25-29-23(28-24(26)30-25)19-32-17-15-31(16-18-32)14-8-11-20-9-4-3-5-10-20/h3-13H,2,14-19H2,1H3,(H3,26,27,28,29,30). The summed E-state index contributed by atoms with van der Waals surface area (Å²) in [5, 5.41) is 3.22. The van der Waals surface area contributed by atoms with Gasteiger partial charge in [-0.05, 0) is 24.6 Å². The van der Waals surface area contributed by atoms with Crippen molar-refractivity contribution in [3.8, 4) is 5.75 Å². The summed E-state index contributed by atoms with van der Waals surface area (Å²) in [7, 11) is 0. The van der Waals surface area contributed by atoms with E-state index in [1.165, 1.54) is 5.56 Å². The topological polar surface area (TPSA) is 92.4 Å². The quantitative estimate of drug-likeness (QED) is 0.518. The number of nitrogens with one attached hydrogen (secondary N) is 1. The van der Waals surface area contributed by atoms with Gasteiger partial charge in [-0.15, -0.1) is 0 Å². The van der Waals surface area contributed by atoms with Crippen LogP contribution in [-0.4, -0.2) is 64.1 Å². The molecular formula is C25H31N7O. The monoisotopic (exact) mass is 445 g/mol. The Morgan fingerprint density at radius 3 is 2.45 bits per heavy atom. The van der Waals surface area contributed by atoms with Gasteiger partial charge in [0.15, 0.2) is 0 Å². The summed E-state index contributed by atoms with van der Waals surface area (Å²) in [6, 6.07) is 18.1. The first-order valence-corrected chi connectivity index (χ1v) is 11.3. The van der Waals surface area contributed by atoms with E-state index in [1.54, 1.807) is 0 Å². The lowest BCUT2D eigenvalue weighted by atomic mass is 10.2. The molecule has 0 bridgehead atoms. The van der Waals surface area contributed by atoms with Gasteiger partial charge in [-0.25, -0.2) is 0 Å². The van der Waals surface area contributed by atoms with E-state index in [2.05, 4.69) is 66.5 Å². The zero-order valence-corrected chi connectivity index (χ0v) is 19.0. The van der Waals surface area contributed by atoms with Gasteiger partial charge in [0.1, 0.15) is 11.6 Å². The van der Waals surface area contributed by atoms with Crippen LogP contribution < -0.4 is 15.8 Å². The van der Waals surface area contributed by atoms with E-state index in [4.69, 9.17) is 10.5 Å². The molecule has 4 rings (SSSR count). The first-order chi connectivity index (χ1) is 16.2. The van der Waals surface area contributed by atoms with Crippen molar-refractivity contribution in [3.63, 3.8) is 0 Å². The number of nitrogens with zero attached hydrogens (tertiary/aromatic N) is 5. The fraction of sp³-hybridized carbons (Fsp3) is 0.320. The molecule has 33 heavy (non-hydrogen) atoms. The molecule has 0 unspecified atom stereocenters. The zero-order valence-electron chi connectivity index (χ0n) is 19.0. The third-order valence-electron chi connectivity index (χ3n) is 5.44. The van der Waals surface area contributed by atoms with E-state index in [0.717, 1.165) is 44.2 Å². The maximum absolute atomic E-state index is 5.97. The van der Waals surface area contributed by atoms with Crippen LogP contribution >= 0.6 is 0 Å². The molecule has 0 spiro atoms. The highest BCUT2D eigenvalue weighted by Gasteiger charge is 2.18. The number of anilines is 3. The van der Waals surface area contributed by atoms with E-state index < -0.39 is 0 Å². The smallest absolute Gasteiger partial charge is 0.232 e. The van der Waals surface area contributed by atoms with Gasteiger partial charge in [0, 0.05) is 32.7 Å². The van der Waals surface area contributed by atoms with Crippen molar-refractivity contribution in [2.75, 3.05) is 50.4 Å². The van der Waals surface area contributed by atoms with Crippen LogP contribution in [0.1, 0.15) is 18.3 Å². The molecule has 0 radical (unpaired) electrons. The second-order valence-corrected chi connectivity index (χ2v) is 7.88. The van der Waals surface area contributed by atoms with Gasteiger partial charge < -0.3 is 15.8 Å². The lowest BCUT2D eigenvalue weighted by Crippen LogP contribution is -2.46. The Hall–Kier alpha value is -3.49. The van der Waals surface area contributed by atoms with Crippen LogP contribution in [0.2, 0.25) is 0 Å². The minimum Gasteiger partial charge on any atom is -0.492 e. The highest BCUT2D eigenvalue weighted by atomic mass is 16.5. The Bertz CT molecular complexity index is 1050. The van der Waals surface area contributed by atoms with E-state index >= 15 is 0 Å². The minimum atomic E-state index is 0.209. The summed E-state index contributed by atoms with van der Waals surface area (Å²) in [4.78, 5) is 18.0. The fourth-order valence-electron chi connectivity index (χ4n) is 3.77. The van der Waals surface area contributed by atoms with Crippen LogP contribution in [0.25, 0.3) is 6.08 Å². The number of rotatable bonds is 9. The van der Waals surface area contributed by atoms with Gasteiger partial charge in [-0.1, -0.05) is 54.6 Å². The number of ether oxygens (including phenoxy) is 1. The lowest BCUT2D eigenvalue weighted by Gasteiger charge is -2.33. The van der Waals surface area contributed by atoms with Crippen molar-refractivity contribution < 1.29 is 4.74 Å². The summed E-state index contributed by atoms with van der Waals surface area (Å²) >= 11 is 0. The first kappa shape index (κ1) is 22.7. The van der Waals surface area contributed by atoms with Crippen LogP contribution in [0.3, 0.4) is 0 Å². The van der Waals surface area contributed by atoms with Gasteiger partial charge >= 0.3 is 0 Å². The Morgan fingerprint density at radius 2 is 1.67 bits per heavy atom. The van der Waals surface area contributed by atoms with Crippen LogP contribution in [0.5, 0.6) is 5.75 Å². The second-order valence-electron chi connectivity index (χ2n) is 7.88. The Morgan fingerprint density at radius 1 is 0.939 bits per heavy atom. The largest absolute Gasteiger partial charge is 0.492 e. The molecule has 1 aliphatic heterocycles. The molecule has 172 valence electrons. The second kappa shape index (κ2) is 11.4. The van der Waals surface area contributed by atoms with Gasteiger partial charge in [-0.3, -0.25) is 9.80 Å². The van der Waals surface area contributed by atoms with Crippen molar-refractivity contribution >= 4 is 23.7 Å². The van der Waals surface area contributed by atoms with Crippen LogP contribution in [0.15, 0.2) is 60.7 Å². The molecule has 1 aromatic heterocycles. The molecule has 8 nitrogen and oxygen atoms in total. The molecular weight excluding hydrogens is 414 g/mol. The van der Waals surface area contributed by atoms with E-state index in [1.807, 2.05) is 37.3 Å². The molecule has 3 aromatic rings. The maximum Gasteiger partial charge on any atom is 0.232 e. The van der Waals surface area contributed by atoms with Crippen molar-refractivity contribution in [2.24, 2.45) is 0 Å². The number of aromatic nitrogens is 3. The lowest BCUT2D eigenvalue weighted by molar-refractivity contribution is 0.134. The molecule has 0 aliphatic carbocycles. The molecule has 0 saturated carbocycles. The summed E-state index contributed by atoms with van der Waals surface area (Å²) in [6.07, 6.45) is 4.41. The molecule has 1 saturated heterocycles. The normalized spacial score (nSPS) is 15.1. The van der Waals surface area contributed by atoms with Gasteiger partial charge in [0.05, 0.1) is 18.8 Å². The number of benzene rings is 2. The molecule has 0 atom stereocenters. The minimum absolute atomic E-state index is 0.209. The Labute approximate surface area is 195 Å². The van der Waals surface area contributed by atoms with Crippen LogP contribution in [0, 0.1) is 0 Å². The van der Waals surface area contributed by atoms with E-state index in [0.29, 0.717) is 24.9 Å². The van der Waals surface area contributed by atoms with Crippen LogP contribution in [-0.2, 0) is 6.54 Å². The summed E-state index contributed by atoms with van der Waals surface area (Å²) in [6.45, 7) is 8.06. The highest BCUT2D eigenvalue weighted by molar-refractivity contribution is 5.62. The number of para-hydroxylation sites is 2. The number of piperazine rings is 1. The van der Waals surface area contributed by atoms with Crippen LogP contribution in [0.4, 0.5) is 17.6 Å². The molecule has 1 aliphatic rings. The molecule has 1 fully saturated rings. The predicted octanol–water partition coefficient (Wildman–Crippen LogP) is 3.43. The summed E-state index contributed by atoms with van der Waals surface area (Å²) in [5.74, 6) is 2.05. The first-order valence-electron chi connectivity index (χ1n) is 11.3. The molecule has 3 N–H and O–H groups in total. The van der Waals surface area contributed by atoms with Crippen molar-refractivity contribution in [2.45, 2.75) is 13.5 Å². The van der Waals surface area contributed by atoms with E-state index in [9.17, 15) is 0 Å². The molecule has 8 heteroatoms. The fourth-order valence-corrected chi connectivity index (χ4v) is 3.77. The zero-order chi connectivity index (χ0) is 22.9. The average Bonchev–Trinajstić information content (AvgIpc) is 2.82. The van der Waals surface area contributed by atoms with Gasteiger partial charge in [0.25, 0.3) is 0 Å². The highest BCUT2D eigenvalue weighted by Crippen LogP contribution is 2.26. The summed E-state index contributed by atoms with van der Waals surface area (Å²) < 4.78 is 5.67. The predicted molar refractivity (Wildman–Crippen MR) is 132 cm³/mol. The molecule has 2 aromatic carbocycles. The molecule has 0 amide bonds. The third kappa shape index (κ3) is 6.74. The van der Waals surface area contributed by atoms with Gasteiger partial charge in [-0.2, -0.15) is 15.0 Å². The van der Waals surface area contributed by atoms with Crippen molar-refractivity contribution in [3.05, 3.63) is 72.1 Å². The van der Waals surface area contributed by atoms with Gasteiger partial charge in [0.2, 0.25) is 11.9 Å². The van der Waals surface area contributed by atoms with Crippen molar-refractivity contribution in [1.82, 2.24) is 24.8 Å². The average molecular weight is 446 g/mol. The number of hydrogen-bond donors (Lipinski definition) is 2. The number of hydrogen-bond acceptors (Lipinski definition) is 8. The number of nitrogens with two attached hydrogens (primary N) is 1. The maximum atomic E-state index is 5.97. The molecule has 2 heterocycles. The summed E-state index contributed by atoms with van der Waals surface area (Å²) in [5.41, 5.74) is 8.00. The van der Waals surface area contributed by atoms with Crippen molar-refractivity contribution in [1.29, 1.82) is 0 Å². The number of nitrogen functional groups attached to an aromatic ring is 1. The van der Waals surface area contributed by atoms with E-state index in [-0.39, 0.29) is 5.95 Å². The Balaban J connectivity index is 1.31. The SMILES string of the molecule is CCOc1ccccc1Nc1nc(N)nc(CN2CCN(CC=Cc3ccccc3)CC2)n1. The Kier molecular flexibility index (Phi) is 7.84.